The number of nitrogens with one attached hydrogen (secondary N) is 2. The van der Waals surface area contributed by atoms with Crippen LogP contribution < -0.4 is 10.6 Å². The Morgan fingerprint density at radius 1 is 1.32 bits per heavy atom. The molecule has 136 valence electrons. The summed E-state index contributed by atoms with van der Waals surface area (Å²) in [5.41, 5.74) is 4.34. The lowest BCUT2D eigenvalue weighted by molar-refractivity contribution is 0.102. The van der Waals surface area contributed by atoms with Gasteiger partial charge in [-0.05, 0) is 57.3 Å². The van der Waals surface area contributed by atoms with Gasteiger partial charge >= 0.3 is 0 Å². The minimum Gasteiger partial charge on any atom is -0.320 e. The number of hydrogen-bond donors (Lipinski definition) is 2. The molecule has 7 heteroatoms. The summed E-state index contributed by atoms with van der Waals surface area (Å²) >= 11 is 0. The molecule has 0 spiro atoms. The summed E-state index contributed by atoms with van der Waals surface area (Å²) in [5, 5.41) is 14.8. The molecule has 1 amide bonds. The van der Waals surface area contributed by atoms with Gasteiger partial charge in [0.25, 0.3) is 5.91 Å². The van der Waals surface area contributed by atoms with Crippen LogP contribution >= 0.6 is 12.4 Å². The maximum atomic E-state index is 12.7. The van der Waals surface area contributed by atoms with Gasteiger partial charge in [0.1, 0.15) is 0 Å². The molecule has 1 aromatic heterocycles. The van der Waals surface area contributed by atoms with E-state index in [9.17, 15) is 4.79 Å². The quantitative estimate of drug-likeness (QED) is 0.875. The van der Waals surface area contributed by atoms with E-state index in [-0.39, 0.29) is 18.3 Å². The first-order valence-electron chi connectivity index (χ1n) is 8.64. The number of aromatic nitrogens is 3. The molecule has 3 rings (SSSR count). The number of carbonyl (C=O) groups is 1. The molecule has 2 aromatic rings. The van der Waals surface area contributed by atoms with Crippen LogP contribution in [0.3, 0.4) is 0 Å². The number of amides is 1. The maximum absolute atomic E-state index is 12.7. The first-order valence-corrected chi connectivity index (χ1v) is 8.64. The number of aryl methyl sites for hydroxylation is 2. The summed E-state index contributed by atoms with van der Waals surface area (Å²) < 4.78 is 1.91. The van der Waals surface area contributed by atoms with Crippen LogP contribution in [0.2, 0.25) is 0 Å². The molecule has 1 saturated heterocycles. The van der Waals surface area contributed by atoms with E-state index in [4.69, 9.17) is 0 Å². The second kappa shape index (κ2) is 8.45. The van der Waals surface area contributed by atoms with Gasteiger partial charge in [0, 0.05) is 5.69 Å². The Morgan fingerprint density at radius 2 is 2.04 bits per heavy atom. The normalized spacial score (nSPS) is 14.8. The minimum absolute atomic E-state index is 0. The van der Waals surface area contributed by atoms with Crippen molar-refractivity contribution in [3.63, 3.8) is 0 Å². The van der Waals surface area contributed by atoms with Crippen molar-refractivity contribution in [3.8, 4) is 0 Å². The number of nitrogens with zero attached hydrogens (tertiary/aromatic N) is 3. The van der Waals surface area contributed by atoms with E-state index >= 15 is 0 Å². The van der Waals surface area contributed by atoms with E-state index in [0.717, 1.165) is 54.9 Å². The lowest BCUT2D eigenvalue weighted by atomic mass is 10.1. The third-order valence-corrected chi connectivity index (χ3v) is 4.78. The van der Waals surface area contributed by atoms with Gasteiger partial charge in [-0.2, -0.15) is 0 Å². The van der Waals surface area contributed by atoms with Gasteiger partial charge in [-0.15, -0.1) is 17.5 Å². The highest BCUT2D eigenvalue weighted by molar-refractivity contribution is 6.04. The Kier molecular flexibility index (Phi) is 6.56. The molecule has 0 aliphatic carbocycles. The third-order valence-electron chi connectivity index (χ3n) is 4.78. The van der Waals surface area contributed by atoms with Crippen LogP contribution in [0.15, 0.2) is 18.2 Å². The minimum atomic E-state index is -0.184. The number of benzene rings is 1. The Bertz CT molecular complexity index is 737. The van der Waals surface area contributed by atoms with Crippen molar-refractivity contribution >= 4 is 24.0 Å². The van der Waals surface area contributed by atoms with Crippen molar-refractivity contribution in [1.29, 1.82) is 0 Å². The van der Waals surface area contributed by atoms with E-state index in [1.54, 1.807) is 0 Å². The Morgan fingerprint density at radius 3 is 2.72 bits per heavy atom. The predicted octanol–water partition coefficient (Wildman–Crippen LogP) is 3.06. The smallest absolute Gasteiger partial charge is 0.278 e. The summed E-state index contributed by atoms with van der Waals surface area (Å²) in [6, 6.07) is 6.39. The first-order chi connectivity index (χ1) is 11.6. The van der Waals surface area contributed by atoms with Crippen molar-refractivity contribution in [1.82, 2.24) is 20.3 Å². The average molecular weight is 364 g/mol. The molecule has 2 N–H and O–H groups in total. The number of halogens is 1. The fourth-order valence-electron chi connectivity index (χ4n) is 3.32. The molecule has 25 heavy (non-hydrogen) atoms. The molecular weight excluding hydrogens is 338 g/mol. The van der Waals surface area contributed by atoms with Crippen molar-refractivity contribution in [2.75, 3.05) is 18.4 Å². The van der Waals surface area contributed by atoms with Gasteiger partial charge < -0.3 is 10.6 Å². The molecular formula is C18H26ClN5O. The fourth-order valence-corrected chi connectivity index (χ4v) is 3.32. The highest BCUT2D eigenvalue weighted by Gasteiger charge is 2.23. The largest absolute Gasteiger partial charge is 0.320 e. The summed E-state index contributed by atoms with van der Waals surface area (Å²) in [5.74, 6) is -0.184. The molecule has 6 nitrogen and oxygen atoms in total. The van der Waals surface area contributed by atoms with Crippen LogP contribution in [0.25, 0.3) is 0 Å². The zero-order valence-electron chi connectivity index (χ0n) is 15.0. The van der Waals surface area contributed by atoms with Gasteiger partial charge in [0.05, 0.1) is 11.7 Å². The van der Waals surface area contributed by atoms with Crippen LogP contribution in [0, 0.1) is 13.8 Å². The molecule has 2 heterocycles. The first kappa shape index (κ1) is 19.4. The Labute approximate surface area is 154 Å². The zero-order chi connectivity index (χ0) is 17.1. The standard InChI is InChI=1S/C18H25N5O.ClH/c1-4-14-7-5-6-12(2)16(14)20-18(24)17-13(3)23(22-21-17)15-8-10-19-11-9-15;/h5-7,15,19H,4,8-11H2,1-3H3,(H,20,24);1H. The number of rotatable bonds is 4. The molecule has 1 aliphatic rings. The van der Waals surface area contributed by atoms with E-state index in [2.05, 4.69) is 27.9 Å². The van der Waals surface area contributed by atoms with Crippen molar-refractivity contribution in [2.45, 2.75) is 46.1 Å². The van der Waals surface area contributed by atoms with E-state index in [1.165, 1.54) is 0 Å². The molecule has 1 aliphatic heterocycles. The lowest BCUT2D eigenvalue weighted by Gasteiger charge is -2.23. The van der Waals surface area contributed by atoms with Crippen molar-refractivity contribution in [3.05, 3.63) is 40.7 Å². The molecule has 0 atom stereocenters. The number of para-hydroxylation sites is 1. The Hall–Kier alpha value is -1.92. The molecule has 0 radical (unpaired) electrons. The van der Waals surface area contributed by atoms with Gasteiger partial charge in [-0.25, -0.2) is 4.68 Å². The van der Waals surface area contributed by atoms with Crippen LogP contribution in [0.1, 0.15) is 53.1 Å². The molecule has 0 saturated carbocycles. The van der Waals surface area contributed by atoms with E-state index in [0.29, 0.717) is 11.7 Å². The monoisotopic (exact) mass is 363 g/mol. The van der Waals surface area contributed by atoms with Gasteiger partial charge in [-0.3, -0.25) is 4.79 Å². The number of anilines is 1. The molecule has 0 bridgehead atoms. The van der Waals surface area contributed by atoms with E-state index < -0.39 is 0 Å². The highest BCUT2D eigenvalue weighted by Crippen LogP contribution is 2.23. The fraction of sp³-hybridized carbons (Fsp3) is 0.500. The lowest BCUT2D eigenvalue weighted by Crippen LogP contribution is -2.30. The van der Waals surface area contributed by atoms with Gasteiger partial charge in [0.2, 0.25) is 0 Å². The summed E-state index contributed by atoms with van der Waals surface area (Å²) in [4.78, 5) is 12.7. The van der Waals surface area contributed by atoms with Crippen LogP contribution in [-0.2, 0) is 6.42 Å². The topological polar surface area (TPSA) is 71.8 Å². The molecule has 1 fully saturated rings. The van der Waals surface area contributed by atoms with E-state index in [1.807, 2.05) is 36.7 Å². The van der Waals surface area contributed by atoms with Crippen LogP contribution in [-0.4, -0.2) is 34.0 Å². The number of hydrogen-bond acceptors (Lipinski definition) is 4. The average Bonchev–Trinajstić information content (AvgIpc) is 2.99. The SMILES string of the molecule is CCc1cccc(C)c1NC(=O)c1nnn(C2CCNCC2)c1C.Cl. The highest BCUT2D eigenvalue weighted by atomic mass is 35.5. The zero-order valence-corrected chi connectivity index (χ0v) is 15.8. The van der Waals surface area contributed by atoms with Gasteiger partial charge in [0.15, 0.2) is 5.69 Å². The predicted molar refractivity (Wildman–Crippen MR) is 102 cm³/mol. The second-order valence-electron chi connectivity index (χ2n) is 6.37. The summed E-state index contributed by atoms with van der Waals surface area (Å²) in [6.45, 7) is 7.98. The van der Waals surface area contributed by atoms with Gasteiger partial charge in [-0.1, -0.05) is 30.3 Å². The second-order valence-corrected chi connectivity index (χ2v) is 6.37. The summed E-state index contributed by atoms with van der Waals surface area (Å²) in [7, 11) is 0. The Balaban J connectivity index is 0.00000225. The van der Waals surface area contributed by atoms with Crippen molar-refractivity contribution in [2.24, 2.45) is 0 Å². The molecule has 1 aromatic carbocycles. The molecule has 0 unspecified atom stereocenters. The third kappa shape index (κ3) is 4.02. The number of carbonyl (C=O) groups excluding carboxylic acids is 1. The van der Waals surface area contributed by atoms with Crippen molar-refractivity contribution < 1.29 is 4.79 Å². The maximum Gasteiger partial charge on any atom is 0.278 e. The van der Waals surface area contributed by atoms with Crippen LogP contribution in [0.5, 0.6) is 0 Å². The van der Waals surface area contributed by atoms with Crippen LogP contribution in [0.4, 0.5) is 5.69 Å². The number of piperidine rings is 1. The summed E-state index contributed by atoms with van der Waals surface area (Å²) in [6.07, 6.45) is 2.91.